The van der Waals surface area contributed by atoms with Crippen molar-refractivity contribution < 1.29 is 9.47 Å². The highest BCUT2D eigenvalue weighted by Crippen LogP contribution is 2.19. The van der Waals surface area contributed by atoms with Crippen molar-refractivity contribution in [2.75, 3.05) is 13.2 Å². The summed E-state index contributed by atoms with van der Waals surface area (Å²) < 4.78 is 11.4. The number of hydrogen-bond donors (Lipinski definition) is 1. The molecule has 0 saturated carbocycles. The van der Waals surface area contributed by atoms with E-state index in [1.165, 1.54) is 5.56 Å². The van der Waals surface area contributed by atoms with Gasteiger partial charge in [0.25, 0.3) is 0 Å². The van der Waals surface area contributed by atoms with Crippen LogP contribution in [0.1, 0.15) is 16.7 Å². The molecule has 3 heteroatoms. The van der Waals surface area contributed by atoms with E-state index in [0.29, 0.717) is 19.8 Å². The number of rotatable bonds is 6. The van der Waals surface area contributed by atoms with Gasteiger partial charge >= 0.3 is 0 Å². The van der Waals surface area contributed by atoms with Crippen LogP contribution in [-0.2, 0) is 6.54 Å². The van der Waals surface area contributed by atoms with Crippen LogP contribution in [0.25, 0.3) is 0 Å². The van der Waals surface area contributed by atoms with Crippen molar-refractivity contribution in [2.24, 2.45) is 5.73 Å². The molecule has 0 radical (unpaired) electrons. The molecule has 0 amide bonds. The number of ether oxygens (including phenoxy) is 2. The summed E-state index contributed by atoms with van der Waals surface area (Å²) in [6, 6.07) is 14.0. The molecule has 0 aliphatic heterocycles. The Labute approximate surface area is 120 Å². The lowest BCUT2D eigenvalue weighted by Crippen LogP contribution is -2.09. The van der Waals surface area contributed by atoms with Crippen molar-refractivity contribution in [1.82, 2.24) is 0 Å². The van der Waals surface area contributed by atoms with Crippen LogP contribution in [0.5, 0.6) is 11.5 Å². The Morgan fingerprint density at radius 2 is 1.60 bits per heavy atom. The highest BCUT2D eigenvalue weighted by molar-refractivity contribution is 5.36. The lowest BCUT2D eigenvalue weighted by atomic mass is 10.1. The minimum absolute atomic E-state index is 0.523. The van der Waals surface area contributed by atoms with Crippen molar-refractivity contribution in [3.63, 3.8) is 0 Å². The molecule has 0 atom stereocenters. The predicted octanol–water partition coefficient (Wildman–Crippen LogP) is 3.22. The third-order valence-electron chi connectivity index (χ3n) is 3.11. The fraction of sp³-hybridized carbons (Fsp3) is 0.294. The molecule has 0 fully saturated rings. The molecule has 0 aliphatic rings. The second-order valence-corrected chi connectivity index (χ2v) is 4.81. The number of nitrogens with two attached hydrogens (primary N) is 1. The molecule has 0 spiro atoms. The summed E-state index contributed by atoms with van der Waals surface area (Å²) in [6.45, 7) is 5.71. The van der Waals surface area contributed by atoms with E-state index in [-0.39, 0.29) is 0 Å². The number of hydrogen-bond acceptors (Lipinski definition) is 3. The Balaban J connectivity index is 1.79. The minimum atomic E-state index is 0.523. The molecule has 0 bridgehead atoms. The predicted molar refractivity (Wildman–Crippen MR) is 81.2 cm³/mol. The van der Waals surface area contributed by atoms with Gasteiger partial charge in [-0.3, -0.25) is 0 Å². The average Bonchev–Trinajstić information content (AvgIpc) is 2.47. The van der Waals surface area contributed by atoms with E-state index < -0.39 is 0 Å². The zero-order valence-electron chi connectivity index (χ0n) is 12.1. The summed E-state index contributed by atoms with van der Waals surface area (Å²) in [5.41, 5.74) is 8.99. The molecular weight excluding hydrogens is 250 g/mol. The largest absolute Gasteiger partial charge is 0.490 e. The second-order valence-electron chi connectivity index (χ2n) is 4.81. The third-order valence-corrected chi connectivity index (χ3v) is 3.11. The minimum Gasteiger partial charge on any atom is -0.490 e. The van der Waals surface area contributed by atoms with Crippen LogP contribution in [0.4, 0.5) is 0 Å². The summed E-state index contributed by atoms with van der Waals surface area (Å²) in [5.74, 6) is 1.76. The number of aryl methyl sites for hydroxylation is 2. The Morgan fingerprint density at radius 3 is 2.30 bits per heavy atom. The van der Waals surface area contributed by atoms with Crippen molar-refractivity contribution in [3.8, 4) is 11.5 Å². The van der Waals surface area contributed by atoms with Crippen LogP contribution in [0, 0.1) is 13.8 Å². The van der Waals surface area contributed by atoms with E-state index in [4.69, 9.17) is 15.2 Å². The van der Waals surface area contributed by atoms with Crippen molar-refractivity contribution in [1.29, 1.82) is 0 Å². The van der Waals surface area contributed by atoms with Gasteiger partial charge in [-0.1, -0.05) is 24.3 Å². The Kier molecular flexibility index (Phi) is 5.02. The van der Waals surface area contributed by atoms with E-state index in [1.807, 2.05) is 37.3 Å². The summed E-state index contributed by atoms with van der Waals surface area (Å²) >= 11 is 0. The Morgan fingerprint density at radius 1 is 0.900 bits per heavy atom. The monoisotopic (exact) mass is 271 g/mol. The molecule has 2 aromatic rings. The van der Waals surface area contributed by atoms with E-state index in [1.54, 1.807) is 0 Å². The Hall–Kier alpha value is -2.00. The molecule has 0 unspecified atom stereocenters. The second kappa shape index (κ2) is 6.96. The van der Waals surface area contributed by atoms with E-state index in [0.717, 1.165) is 22.6 Å². The van der Waals surface area contributed by atoms with Crippen molar-refractivity contribution in [2.45, 2.75) is 20.4 Å². The zero-order chi connectivity index (χ0) is 14.4. The molecule has 0 saturated heterocycles. The average molecular weight is 271 g/mol. The molecular formula is C17H21NO2. The quantitative estimate of drug-likeness (QED) is 0.820. The van der Waals surface area contributed by atoms with Gasteiger partial charge in [-0.25, -0.2) is 0 Å². The molecule has 0 heterocycles. The molecule has 20 heavy (non-hydrogen) atoms. The van der Waals surface area contributed by atoms with Gasteiger partial charge < -0.3 is 15.2 Å². The van der Waals surface area contributed by atoms with Gasteiger partial charge in [0.2, 0.25) is 0 Å². The molecule has 2 N–H and O–H groups in total. The normalized spacial score (nSPS) is 10.3. The fourth-order valence-electron chi connectivity index (χ4n) is 1.90. The van der Waals surface area contributed by atoms with Gasteiger partial charge in [-0.2, -0.15) is 0 Å². The standard InChI is InChI=1S/C17H21NO2/c1-13-3-4-14(2)17(11-13)20-10-9-19-16-7-5-15(12-18)6-8-16/h3-8,11H,9-10,12,18H2,1-2H3. The van der Waals surface area contributed by atoms with Crippen LogP contribution in [0.15, 0.2) is 42.5 Å². The van der Waals surface area contributed by atoms with Gasteiger partial charge in [-0.05, 0) is 48.7 Å². The maximum Gasteiger partial charge on any atom is 0.122 e. The first-order valence-corrected chi connectivity index (χ1v) is 6.81. The summed E-state index contributed by atoms with van der Waals surface area (Å²) in [5, 5.41) is 0. The summed E-state index contributed by atoms with van der Waals surface area (Å²) in [4.78, 5) is 0. The highest BCUT2D eigenvalue weighted by Gasteiger charge is 2.00. The van der Waals surface area contributed by atoms with Gasteiger partial charge in [0.15, 0.2) is 0 Å². The van der Waals surface area contributed by atoms with Crippen molar-refractivity contribution in [3.05, 3.63) is 59.2 Å². The molecule has 2 rings (SSSR count). The van der Waals surface area contributed by atoms with Crippen molar-refractivity contribution >= 4 is 0 Å². The molecule has 106 valence electrons. The first-order chi connectivity index (χ1) is 9.69. The Bertz CT molecular complexity index is 549. The van der Waals surface area contributed by atoms with Crippen LogP contribution in [0.2, 0.25) is 0 Å². The van der Waals surface area contributed by atoms with E-state index in [2.05, 4.69) is 19.1 Å². The smallest absolute Gasteiger partial charge is 0.122 e. The van der Waals surface area contributed by atoms with Crippen LogP contribution >= 0.6 is 0 Å². The highest BCUT2D eigenvalue weighted by atomic mass is 16.5. The first kappa shape index (κ1) is 14.4. The van der Waals surface area contributed by atoms with Crippen LogP contribution in [0.3, 0.4) is 0 Å². The zero-order valence-corrected chi connectivity index (χ0v) is 12.1. The topological polar surface area (TPSA) is 44.5 Å². The maximum atomic E-state index is 5.74. The lowest BCUT2D eigenvalue weighted by molar-refractivity contribution is 0.216. The molecule has 2 aromatic carbocycles. The summed E-state index contributed by atoms with van der Waals surface area (Å²) in [6.07, 6.45) is 0. The van der Waals surface area contributed by atoms with Gasteiger partial charge in [-0.15, -0.1) is 0 Å². The third kappa shape index (κ3) is 4.00. The number of benzene rings is 2. The molecule has 0 aliphatic carbocycles. The van der Waals surface area contributed by atoms with E-state index in [9.17, 15) is 0 Å². The van der Waals surface area contributed by atoms with Crippen LogP contribution < -0.4 is 15.2 Å². The molecule has 0 aromatic heterocycles. The molecule has 3 nitrogen and oxygen atoms in total. The first-order valence-electron chi connectivity index (χ1n) is 6.81. The van der Waals surface area contributed by atoms with Gasteiger partial charge in [0, 0.05) is 6.54 Å². The SMILES string of the molecule is Cc1ccc(C)c(OCCOc2ccc(CN)cc2)c1. The maximum absolute atomic E-state index is 5.74. The van der Waals surface area contributed by atoms with Gasteiger partial charge in [0.1, 0.15) is 24.7 Å². The summed E-state index contributed by atoms with van der Waals surface area (Å²) in [7, 11) is 0. The van der Waals surface area contributed by atoms with Gasteiger partial charge in [0.05, 0.1) is 0 Å². The lowest BCUT2D eigenvalue weighted by Gasteiger charge is -2.11. The fourth-order valence-corrected chi connectivity index (χ4v) is 1.90. The van der Waals surface area contributed by atoms with Crippen LogP contribution in [-0.4, -0.2) is 13.2 Å². The van der Waals surface area contributed by atoms with E-state index >= 15 is 0 Å².